The van der Waals surface area contributed by atoms with E-state index in [0.717, 1.165) is 21.3 Å². The van der Waals surface area contributed by atoms with E-state index >= 15 is 0 Å². The maximum atomic E-state index is 12.7. The molecule has 2 aromatic rings. The van der Waals surface area contributed by atoms with Crippen LogP contribution in [0.15, 0.2) is 64.1 Å². The Bertz CT molecular complexity index is 1240. The van der Waals surface area contributed by atoms with Crippen LogP contribution in [0.5, 0.6) is 0 Å². The van der Waals surface area contributed by atoms with Gasteiger partial charge in [0, 0.05) is 34.0 Å². The Morgan fingerprint density at radius 1 is 1.00 bits per heavy atom. The molecule has 1 aliphatic rings. The Kier molecular flexibility index (Phi) is 8.91. The summed E-state index contributed by atoms with van der Waals surface area (Å²) < 4.78 is 6.25. The first-order valence-electron chi connectivity index (χ1n) is 12.0. The maximum absolute atomic E-state index is 12.7. The molecule has 0 unspecified atom stereocenters. The molecule has 0 atom stereocenters. The van der Waals surface area contributed by atoms with Crippen LogP contribution in [0.25, 0.3) is 5.70 Å². The van der Waals surface area contributed by atoms with Crippen molar-refractivity contribution in [3.8, 4) is 0 Å². The highest BCUT2D eigenvalue weighted by Crippen LogP contribution is 2.25. The van der Waals surface area contributed by atoms with E-state index in [9.17, 15) is 14.4 Å². The lowest BCUT2D eigenvalue weighted by atomic mass is 9.84. The second kappa shape index (κ2) is 11.7. The molecule has 0 bridgehead atoms. The number of hydrogen-bond acceptors (Lipinski definition) is 5. The molecule has 3 N–H and O–H groups in total. The third-order valence-corrected chi connectivity index (χ3v) is 6.03. The van der Waals surface area contributed by atoms with Crippen molar-refractivity contribution in [1.29, 1.82) is 0 Å². The van der Waals surface area contributed by atoms with Crippen molar-refractivity contribution in [1.82, 2.24) is 16.0 Å². The van der Waals surface area contributed by atoms with Crippen molar-refractivity contribution in [3.63, 3.8) is 0 Å². The van der Waals surface area contributed by atoms with E-state index < -0.39 is 17.1 Å². The van der Waals surface area contributed by atoms with Gasteiger partial charge in [-0.3, -0.25) is 9.59 Å². The number of hydrogen-bond donors (Lipinski definition) is 3. The number of carbonyl (C=O) groups is 3. The van der Waals surface area contributed by atoms with Crippen LogP contribution in [-0.2, 0) is 14.9 Å². The molecular weight excluding hydrogens is 536 g/mol. The number of amides is 3. The fourth-order valence-electron chi connectivity index (χ4n) is 3.60. The summed E-state index contributed by atoms with van der Waals surface area (Å²) >= 11 is 3.45. The molecule has 1 heterocycles. The van der Waals surface area contributed by atoms with Crippen LogP contribution in [-0.4, -0.2) is 42.4 Å². The third kappa shape index (κ3) is 8.56. The molecule has 0 saturated heterocycles. The number of halogens is 1. The monoisotopic (exact) mass is 568 g/mol. The first-order valence-corrected chi connectivity index (χ1v) is 12.8. The average molecular weight is 570 g/mol. The Balaban J connectivity index is 1.52. The molecule has 0 aromatic heterocycles. The van der Waals surface area contributed by atoms with Crippen LogP contribution in [0.4, 0.5) is 4.79 Å². The van der Waals surface area contributed by atoms with Gasteiger partial charge in [0.15, 0.2) is 0 Å². The minimum Gasteiger partial charge on any atom is -0.444 e. The van der Waals surface area contributed by atoms with Crippen LogP contribution < -0.4 is 16.0 Å². The summed E-state index contributed by atoms with van der Waals surface area (Å²) in [5.74, 6) is -0.182. The first kappa shape index (κ1) is 28.1. The van der Waals surface area contributed by atoms with Gasteiger partial charge < -0.3 is 20.7 Å². The van der Waals surface area contributed by atoms with Gasteiger partial charge in [-0.2, -0.15) is 0 Å². The number of nitrogens with one attached hydrogen (secondary N) is 3. The van der Waals surface area contributed by atoms with Crippen molar-refractivity contribution in [2.24, 2.45) is 4.99 Å². The number of rotatable bonds is 7. The summed E-state index contributed by atoms with van der Waals surface area (Å²) in [5.41, 5.74) is 2.00. The van der Waals surface area contributed by atoms with E-state index in [1.807, 2.05) is 50.3 Å². The van der Waals surface area contributed by atoms with Gasteiger partial charge in [-0.1, -0.05) is 60.1 Å². The first-order chi connectivity index (χ1) is 17.3. The number of benzene rings is 2. The molecule has 9 heteroatoms. The molecule has 3 rings (SSSR count). The Morgan fingerprint density at radius 2 is 1.73 bits per heavy atom. The molecule has 0 spiro atoms. The normalized spacial score (nSPS) is 13.4. The van der Waals surface area contributed by atoms with Crippen molar-refractivity contribution < 1.29 is 19.1 Å². The molecule has 8 nitrogen and oxygen atoms in total. The SMILES string of the molecule is CC(C)(C)OC(=O)NCC(C)(C)c1cccc(C(=O)NCC(=O)NC2=NC(c3cccc(Br)c3)=CC2)c1. The van der Waals surface area contributed by atoms with E-state index in [1.54, 1.807) is 39.0 Å². The van der Waals surface area contributed by atoms with Gasteiger partial charge in [0.05, 0.1) is 12.2 Å². The average Bonchev–Trinajstić information content (AvgIpc) is 3.29. The number of ether oxygens (including phenoxy) is 1. The summed E-state index contributed by atoms with van der Waals surface area (Å²) in [4.78, 5) is 41.7. The Labute approximate surface area is 226 Å². The molecule has 196 valence electrons. The predicted octanol–water partition coefficient (Wildman–Crippen LogP) is 4.94. The van der Waals surface area contributed by atoms with Gasteiger partial charge in [-0.05, 0) is 50.6 Å². The zero-order valence-corrected chi connectivity index (χ0v) is 23.4. The largest absolute Gasteiger partial charge is 0.444 e. The number of alkyl carbamates (subject to hydrolysis) is 1. The summed E-state index contributed by atoms with van der Waals surface area (Å²) in [5, 5.41) is 8.20. The van der Waals surface area contributed by atoms with Crippen LogP contribution >= 0.6 is 15.9 Å². The Morgan fingerprint density at radius 3 is 2.43 bits per heavy atom. The van der Waals surface area contributed by atoms with Crippen molar-refractivity contribution in [2.75, 3.05) is 13.1 Å². The summed E-state index contributed by atoms with van der Waals surface area (Å²) in [6.07, 6.45) is 1.96. The molecule has 2 aromatic carbocycles. The second-order valence-electron chi connectivity index (χ2n) is 10.4. The smallest absolute Gasteiger partial charge is 0.407 e. The van der Waals surface area contributed by atoms with Crippen molar-refractivity contribution in [3.05, 3.63) is 75.8 Å². The third-order valence-electron chi connectivity index (χ3n) is 5.54. The Hall–Kier alpha value is -3.46. The highest BCUT2D eigenvalue weighted by atomic mass is 79.9. The van der Waals surface area contributed by atoms with Gasteiger partial charge in [0.25, 0.3) is 5.91 Å². The van der Waals surface area contributed by atoms with Gasteiger partial charge in [0.2, 0.25) is 5.91 Å². The van der Waals surface area contributed by atoms with Crippen LogP contribution in [0.1, 0.15) is 62.5 Å². The van der Waals surface area contributed by atoms with E-state index in [4.69, 9.17) is 4.74 Å². The van der Waals surface area contributed by atoms with Gasteiger partial charge >= 0.3 is 6.09 Å². The van der Waals surface area contributed by atoms with E-state index in [2.05, 4.69) is 36.9 Å². The lowest BCUT2D eigenvalue weighted by Gasteiger charge is -2.27. The quantitative estimate of drug-likeness (QED) is 0.439. The molecule has 0 saturated carbocycles. The van der Waals surface area contributed by atoms with Gasteiger partial charge in [-0.15, -0.1) is 0 Å². The maximum Gasteiger partial charge on any atom is 0.407 e. The zero-order chi connectivity index (χ0) is 27.2. The fourth-order valence-corrected chi connectivity index (χ4v) is 4.00. The molecule has 1 aliphatic heterocycles. The molecular formula is C28H33BrN4O4. The van der Waals surface area contributed by atoms with E-state index in [-0.39, 0.29) is 18.4 Å². The van der Waals surface area contributed by atoms with Crippen LogP contribution in [0.2, 0.25) is 0 Å². The number of amidine groups is 1. The standard InChI is InChI=1S/C28H33BrN4O4/c1-27(2,3)37-26(36)31-17-28(4,5)20-10-6-9-19(14-20)25(35)30-16-24(34)33-23-13-12-22(32-23)18-8-7-11-21(29)15-18/h6-12,14-15H,13,16-17H2,1-5H3,(H,30,35)(H,31,36)(H,32,33,34). The topological polar surface area (TPSA) is 109 Å². The number of nitrogens with zero attached hydrogens (tertiary/aromatic N) is 1. The molecule has 3 amide bonds. The molecule has 0 fully saturated rings. The predicted molar refractivity (Wildman–Crippen MR) is 148 cm³/mol. The summed E-state index contributed by atoms with van der Waals surface area (Å²) in [6, 6.07) is 14.9. The zero-order valence-electron chi connectivity index (χ0n) is 21.8. The van der Waals surface area contributed by atoms with Crippen LogP contribution in [0.3, 0.4) is 0 Å². The minimum atomic E-state index is -0.582. The highest BCUT2D eigenvalue weighted by molar-refractivity contribution is 9.10. The molecule has 37 heavy (non-hydrogen) atoms. The summed E-state index contributed by atoms with van der Waals surface area (Å²) in [6.45, 7) is 9.49. The highest BCUT2D eigenvalue weighted by Gasteiger charge is 2.24. The van der Waals surface area contributed by atoms with Gasteiger partial charge in [-0.25, -0.2) is 9.79 Å². The minimum absolute atomic E-state index is 0.183. The number of aliphatic imine (C=N–C) groups is 1. The lowest BCUT2D eigenvalue weighted by Crippen LogP contribution is -2.40. The lowest BCUT2D eigenvalue weighted by molar-refractivity contribution is -0.118. The van der Waals surface area contributed by atoms with Gasteiger partial charge in [0.1, 0.15) is 11.4 Å². The molecule has 0 aliphatic carbocycles. The van der Waals surface area contributed by atoms with Crippen molar-refractivity contribution >= 4 is 45.4 Å². The number of carbonyl (C=O) groups excluding carboxylic acids is 3. The van der Waals surface area contributed by atoms with E-state index in [0.29, 0.717) is 24.4 Å². The summed E-state index contributed by atoms with van der Waals surface area (Å²) in [7, 11) is 0. The fraction of sp³-hybridized carbons (Fsp3) is 0.357. The van der Waals surface area contributed by atoms with E-state index in [1.165, 1.54) is 0 Å². The second-order valence-corrected chi connectivity index (χ2v) is 11.3. The van der Waals surface area contributed by atoms with Crippen molar-refractivity contribution in [2.45, 2.75) is 52.1 Å². The van der Waals surface area contributed by atoms with Crippen LogP contribution in [0, 0.1) is 0 Å². The molecule has 0 radical (unpaired) electrons.